The van der Waals surface area contributed by atoms with Crippen molar-refractivity contribution in [1.82, 2.24) is 0 Å². The molecule has 0 N–H and O–H groups in total. The van der Waals surface area contributed by atoms with Crippen molar-refractivity contribution in [2.75, 3.05) is 0 Å². The minimum absolute atomic E-state index is 0.403. The largest absolute Gasteiger partial charge is 0.159 e. The third-order valence-electron chi connectivity index (χ3n) is 9.07. The van der Waals surface area contributed by atoms with Gasteiger partial charge in [-0.15, -0.1) is 0 Å². The molecule has 1 aliphatic rings. The van der Waals surface area contributed by atoms with Crippen molar-refractivity contribution in [2.45, 2.75) is 92.5 Å². The van der Waals surface area contributed by atoms with Crippen LogP contribution in [0, 0.1) is 0 Å². The molecular weight excluding hydrogens is 460 g/mol. The number of rotatable bonds is 7. The lowest BCUT2D eigenvalue weighted by Gasteiger charge is -2.42. The van der Waals surface area contributed by atoms with Crippen LogP contribution >= 0.6 is 0 Å². The second-order valence-electron chi connectivity index (χ2n) is 12.2. The van der Waals surface area contributed by atoms with E-state index in [-0.39, 0.29) is 0 Å². The Morgan fingerprint density at radius 3 is 1.05 bits per heavy atom. The van der Waals surface area contributed by atoms with Gasteiger partial charge in [-0.2, -0.15) is 0 Å². The summed E-state index contributed by atoms with van der Waals surface area (Å²) >= 11 is 0. The molecule has 0 bridgehead atoms. The molecule has 0 spiro atoms. The zero-order valence-corrected chi connectivity index (χ0v) is 25.7. The summed E-state index contributed by atoms with van der Waals surface area (Å²) in [6, 6.07) is 28.9. The van der Waals surface area contributed by atoms with Gasteiger partial charge in [-0.3, -0.25) is 0 Å². The van der Waals surface area contributed by atoms with E-state index in [9.17, 15) is 0 Å². The molecule has 0 aromatic heterocycles. The maximum absolute atomic E-state index is 2.56. The van der Waals surface area contributed by atoms with Crippen molar-refractivity contribution in [2.24, 2.45) is 0 Å². The average molecular weight is 507 g/mol. The van der Waals surface area contributed by atoms with Crippen LogP contribution in [-0.4, -0.2) is 8.07 Å². The van der Waals surface area contributed by atoms with Gasteiger partial charge in [0, 0.05) is 5.54 Å². The average Bonchev–Trinajstić information content (AvgIpc) is 3.08. The van der Waals surface area contributed by atoms with Crippen LogP contribution in [0.4, 0.5) is 0 Å². The van der Waals surface area contributed by atoms with Crippen molar-refractivity contribution in [3.8, 4) is 0 Å². The molecule has 3 aromatic rings. The van der Waals surface area contributed by atoms with E-state index in [1.807, 2.05) is 0 Å². The zero-order valence-electron chi connectivity index (χ0n) is 24.7. The van der Waals surface area contributed by atoms with Gasteiger partial charge in [-0.1, -0.05) is 125 Å². The van der Waals surface area contributed by atoms with Crippen LogP contribution in [0.15, 0.2) is 95.1 Å². The van der Waals surface area contributed by atoms with Crippen molar-refractivity contribution in [3.63, 3.8) is 0 Å². The summed E-state index contributed by atoms with van der Waals surface area (Å²) < 4.78 is 0. The molecule has 194 valence electrons. The van der Waals surface area contributed by atoms with Gasteiger partial charge in [-0.05, 0) is 88.8 Å². The molecule has 0 atom stereocenters. The van der Waals surface area contributed by atoms with Crippen LogP contribution in [0.5, 0.6) is 0 Å². The van der Waals surface area contributed by atoms with E-state index < -0.39 is 8.07 Å². The molecule has 0 radical (unpaired) electrons. The molecule has 4 rings (SSSR count). The van der Waals surface area contributed by atoms with Gasteiger partial charge in [0.15, 0.2) is 8.07 Å². The monoisotopic (exact) mass is 506 g/mol. The summed E-state index contributed by atoms with van der Waals surface area (Å²) in [4.78, 5) is 0. The van der Waals surface area contributed by atoms with Gasteiger partial charge in [0.05, 0.1) is 0 Å². The maximum Gasteiger partial charge on any atom is 0.159 e. The van der Waals surface area contributed by atoms with Crippen LogP contribution in [-0.2, 0) is 0 Å². The Morgan fingerprint density at radius 2 is 0.784 bits per heavy atom. The van der Waals surface area contributed by atoms with E-state index >= 15 is 0 Å². The van der Waals surface area contributed by atoms with Crippen molar-refractivity contribution in [1.29, 1.82) is 0 Å². The Bertz CT molecular complexity index is 1200. The fraction of sp³-hybridized carbons (Fsp3) is 0.389. The molecule has 3 aromatic carbocycles. The Morgan fingerprint density at radius 1 is 0.486 bits per heavy atom. The van der Waals surface area contributed by atoms with E-state index in [2.05, 4.69) is 142 Å². The second-order valence-corrected chi connectivity index (χ2v) is 16.1. The van der Waals surface area contributed by atoms with Crippen molar-refractivity contribution in [3.05, 3.63) is 112 Å². The quantitative estimate of drug-likeness (QED) is 0.222. The molecule has 0 fully saturated rings. The summed E-state index contributed by atoms with van der Waals surface area (Å²) in [7, 11) is -2.55. The van der Waals surface area contributed by atoms with Gasteiger partial charge in [0.25, 0.3) is 0 Å². The first-order valence-electron chi connectivity index (χ1n) is 14.2. The Kier molecular flexibility index (Phi) is 7.86. The first-order chi connectivity index (χ1) is 17.5. The highest BCUT2D eigenvalue weighted by Crippen LogP contribution is 2.46. The van der Waals surface area contributed by atoms with E-state index in [1.165, 1.54) is 43.4 Å². The molecule has 0 aliphatic heterocycles. The fourth-order valence-corrected chi connectivity index (χ4v) is 12.4. The highest BCUT2D eigenvalue weighted by Gasteiger charge is 2.50. The highest BCUT2D eigenvalue weighted by molar-refractivity contribution is 7.13. The van der Waals surface area contributed by atoms with Crippen LogP contribution in [0.2, 0.25) is 5.54 Å². The summed E-state index contributed by atoms with van der Waals surface area (Å²) in [5.74, 6) is 1.49. The Labute approximate surface area is 227 Å². The second kappa shape index (κ2) is 10.6. The van der Waals surface area contributed by atoms with Crippen molar-refractivity contribution >= 4 is 23.6 Å². The summed E-state index contributed by atoms with van der Waals surface area (Å²) in [6.45, 7) is 23.4. The molecule has 0 saturated heterocycles. The highest BCUT2D eigenvalue weighted by atomic mass is 28.3. The van der Waals surface area contributed by atoms with Crippen LogP contribution in [0.25, 0.3) is 0 Å². The molecule has 37 heavy (non-hydrogen) atoms. The van der Waals surface area contributed by atoms with Gasteiger partial charge in [-0.25, -0.2) is 0 Å². The lowest BCUT2D eigenvalue weighted by molar-refractivity contribution is 0.866. The topological polar surface area (TPSA) is 0 Å². The minimum Gasteiger partial charge on any atom is -0.0647 e. The molecular formula is C36H46Si. The SMILES string of the molecule is CC1=C(C)C([Si](c2cccc(C(C)C)c2)(c2cccc(C(C)C)c2)c2cccc(C(C)C)c2)C(C)=C1C. The Balaban J connectivity index is 2.22. The number of allylic oxidation sites excluding steroid dienone is 4. The standard InChI is InChI=1S/C36H46Si/c1-23(2)30-14-11-17-33(20-30)37(34-18-12-15-31(21-34)24(3)4,35-19-13-16-32(22-35)25(5)6)36-28(9)26(7)27(8)29(36)10/h11-25,36H,1-10H3. The van der Waals surface area contributed by atoms with Crippen molar-refractivity contribution < 1.29 is 0 Å². The molecule has 0 saturated carbocycles. The molecule has 0 unspecified atom stereocenters. The van der Waals surface area contributed by atoms with Gasteiger partial charge in [0.2, 0.25) is 0 Å². The molecule has 1 aliphatic carbocycles. The number of benzene rings is 3. The molecule has 0 amide bonds. The van der Waals surface area contributed by atoms with Gasteiger partial charge in [0.1, 0.15) is 0 Å². The number of hydrogen-bond acceptors (Lipinski definition) is 0. The minimum atomic E-state index is -2.55. The first kappa shape index (κ1) is 27.4. The van der Waals surface area contributed by atoms with E-state index in [0.29, 0.717) is 23.3 Å². The molecule has 0 heterocycles. The smallest absolute Gasteiger partial charge is 0.0647 e. The van der Waals surface area contributed by atoms with Crippen LogP contribution in [0.1, 0.15) is 104 Å². The lowest BCUT2D eigenvalue weighted by Crippen LogP contribution is -2.70. The summed E-state index contributed by atoms with van der Waals surface area (Å²) in [5.41, 5.74) is 10.8. The van der Waals surface area contributed by atoms with E-state index in [0.717, 1.165) is 0 Å². The zero-order chi connectivity index (χ0) is 27.1. The van der Waals surface area contributed by atoms with E-state index in [1.54, 1.807) is 11.1 Å². The van der Waals surface area contributed by atoms with Gasteiger partial charge >= 0.3 is 0 Å². The van der Waals surface area contributed by atoms with Crippen LogP contribution in [0.3, 0.4) is 0 Å². The number of hydrogen-bond donors (Lipinski definition) is 0. The lowest BCUT2D eigenvalue weighted by atomic mass is 10.0. The normalized spacial score (nSPS) is 15.2. The predicted molar refractivity (Wildman–Crippen MR) is 167 cm³/mol. The first-order valence-corrected chi connectivity index (χ1v) is 16.2. The molecule has 1 heteroatoms. The summed E-state index contributed by atoms with van der Waals surface area (Å²) in [6.07, 6.45) is 0. The van der Waals surface area contributed by atoms with Crippen LogP contribution < -0.4 is 15.6 Å². The third-order valence-corrected chi connectivity index (χ3v) is 14.5. The Hall–Kier alpha value is -2.64. The maximum atomic E-state index is 2.56. The predicted octanol–water partition coefficient (Wildman–Crippen LogP) is 8.58. The molecule has 0 nitrogen and oxygen atoms in total. The van der Waals surface area contributed by atoms with Gasteiger partial charge < -0.3 is 0 Å². The fourth-order valence-electron chi connectivity index (χ4n) is 6.43. The third kappa shape index (κ3) is 4.72. The summed E-state index contributed by atoms with van der Waals surface area (Å²) in [5, 5.41) is 4.60. The van der Waals surface area contributed by atoms with E-state index in [4.69, 9.17) is 0 Å².